The quantitative estimate of drug-likeness (QED) is 0.819. The van der Waals surface area contributed by atoms with Crippen LogP contribution < -0.4 is 15.8 Å². The molecular weight excluding hydrogens is 270 g/mol. The van der Waals surface area contributed by atoms with Gasteiger partial charge in [-0.3, -0.25) is 9.69 Å². The molecule has 21 heavy (non-hydrogen) atoms. The summed E-state index contributed by atoms with van der Waals surface area (Å²) in [5.74, 6) is 0.503. The number of anilines is 2. The van der Waals surface area contributed by atoms with E-state index in [1.165, 1.54) is 0 Å². The third kappa shape index (κ3) is 4.61. The van der Waals surface area contributed by atoms with E-state index in [0.29, 0.717) is 23.7 Å². The number of nitrogens with two attached hydrogens (primary N) is 1. The number of nitrogens with zero attached hydrogens (tertiary/aromatic N) is 1. The molecule has 6 nitrogen and oxygen atoms in total. The molecule has 1 atom stereocenters. The number of amides is 1. The van der Waals surface area contributed by atoms with Crippen LogP contribution in [-0.4, -0.2) is 50.3 Å². The lowest BCUT2D eigenvalue weighted by atomic mass is 10.2. The maximum absolute atomic E-state index is 12.2. The predicted octanol–water partition coefficient (Wildman–Crippen LogP) is 1.33. The lowest BCUT2D eigenvalue weighted by Gasteiger charge is -2.21. The van der Waals surface area contributed by atoms with Crippen molar-refractivity contribution in [1.29, 1.82) is 0 Å². The molecule has 2 rings (SSSR count). The van der Waals surface area contributed by atoms with E-state index in [4.69, 9.17) is 15.2 Å². The van der Waals surface area contributed by atoms with Gasteiger partial charge in [0.25, 0.3) is 0 Å². The third-order valence-corrected chi connectivity index (χ3v) is 3.40. The highest BCUT2D eigenvalue weighted by atomic mass is 16.5. The summed E-state index contributed by atoms with van der Waals surface area (Å²) in [6, 6.07) is 5.18. The molecule has 1 aromatic carbocycles. The molecular formula is C15H23N3O3. The van der Waals surface area contributed by atoms with Gasteiger partial charge in [0.2, 0.25) is 5.91 Å². The number of methoxy groups -OCH3 is 1. The van der Waals surface area contributed by atoms with E-state index >= 15 is 0 Å². The Morgan fingerprint density at radius 3 is 3.14 bits per heavy atom. The van der Waals surface area contributed by atoms with Crippen molar-refractivity contribution in [2.45, 2.75) is 19.4 Å². The van der Waals surface area contributed by atoms with Crippen LogP contribution in [0.1, 0.15) is 13.3 Å². The van der Waals surface area contributed by atoms with Crippen molar-refractivity contribution in [1.82, 2.24) is 4.90 Å². The summed E-state index contributed by atoms with van der Waals surface area (Å²) in [6.45, 7) is 4.77. The Morgan fingerprint density at radius 2 is 2.38 bits per heavy atom. The fourth-order valence-electron chi connectivity index (χ4n) is 2.43. The van der Waals surface area contributed by atoms with Crippen LogP contribution >= 0.6 is 0 Å². The summed E-state index contributed by atoms with van der Waals surface area (Å²) in [5.41, 5.74) is 6.94. The van der Waals surface area contributed by atoms with Crippen LogP contribution in [0.2, 0.25) is 0 Å². The van der Waals surface area contributed by atoms with Crippen LogP contribution in [0.15, 0.2) is 18.2 Å². The average Bonchev–Trinajstić information content (AvgIpc) is 2.64. The van der Waals surface area contributed by atoms with Crippen molar-refractivity contribution in [3.05, 3.63) is 18.2 Å². The van der Waals surface area contributed by atoms with Gasteiger partial charge in [-0.1, -0.05) is 0 Å². The largest absolute Gasteiger partial charge is 0.494 e. The lowest BCUT2D eigenvalue weighted by molar-refractivity contribution is -0.117. The highest BCUT2D eigenvalue weighted by Crippen LogP contribution is 2.26. The Labute approximate surface area is 125 Å². The molecule has 0 radical (unpaired) electrons. The SMILES string of the molecule is COc1cc(N)ccc1NC(=O)CN1CCCOC(C)C1. The van der Waals surface area contributed by atoms with Gasteiger partial charge in [-0.25, -0.2) is 0 Å². The lowest BCUT2D eigenvalue weighted by Crippen LogP contribution is -2.37. The first-order chi connectivity index (χ1) is 10.1. The minimum atomic E-state index is -0.0628. The number of nitrogens with one attached hydrogen (secondary N) is 1. The predicted molar refractivity (Wildman–Crippen MR) is 82.5 cm³/mol. The van der Waals surface area contributed by atoms with Gasteiger partial charge in [0.15, 0.2) is 0 Å². The van der Waals surface area contributed by atoms with Crippen LogP contribution in [-0.2, 0) is 9.53 Å². The summed E-state index contributed by atoms with van der Waals surface area (Å²) >= 11 is 0. The number of ether oxygens (including phenoxy) is 2. The molecule has 1 aliphatic rings. The van der Waals surface area contributed by atoms with Gasteiger partial charge in [-0.05, 0) is 25.5 Å². The molecule has 0 aliphatic carbocycles. The molecule has 1 heterocycles. The van der Waals surface area contributed by atoms with Crippen molar-refractivity contribution >= 4 is 17.3 Å². The van der Waals surface area contributed by atoms with Crippen molar-refractivity contribution in [2.75, 3.05) is 44.4 Å². The fraction of sp³-hybridized carbons (Fsp3) is 0.533. The molecule has 0 spiro atoms. The smallest absolute Gasteiger partial charge is 0.238 e. The van der Waals surface area contributed by atoms with Gasteiger partial charge in [0.05, 0.1) is 25.4 Å². The summed E-state index contributed by atoms with van der Waals surface area (Å²) < 4.78 is 10.8. The second-order valence-electron chi connectivity index (χ2n) is 5.28. The standard InChI is InChI=1S/C15H23N3O3/c1-11-9-18(6-3-7-21-11)10-15(19)17-13-5-4-12(16)8-14(13)20-2/h4-5,8,11H,3,6-7,9-10,16H2,1-2H3,(H,17,19). The molecule has 0 bridgehead atoms. The molecule has 1 aliphatic heterocycles. The first-order valence-corrected chi connectivity index (χ1v) is 7.16. The number of carbonyl (C=O) groups excluding carboxylic acids is 1. The van der Waals surface area contributed by atoms with Gasteiger partial charge in [-0.2, -0.15) is 0 Å². The molecule has 0 saturated carbocycles. The summed E-state index contributed by atoms with van der Waals surface area (Å²) in [7, 11) is 1.55. The second kappa shape index (κ2) is 7.28. The summed E-state index contributed by atoms with van der Waals surface area (Å²) in [6.07, 6.45) is 1.11. The maximum Gasteiger partial charge on any atom is 0.238 e. The van der Waals surface area contributed by atoms with E-state index in [-0.39, 0.29) is 12.0 Å². The second-order valence-corrected chi connectivity index (χ2v) is 5.28. The first-order valence-electron chi connectivity index (χ1n) is 7.16. The Balaban J connectivity index is 1.95. The number of carbonyl (C=O) groups is 1. The van der Waals surface area contributed by atoms with Crippen molar-refractivity contribution < 1.29 is 14.3 Å². The molecule has 3 N–H and O–H groups in total. The molecule has 0 aromatic heterocycles. The van der Waals surface area contributed by atoms with Gasteiger partial charge >= 0.3 is 0 Å². The minimum absolute atomic E-state index is 0.0628. The zero-order chi connectivity index (χ0) is 15.2. The zero-order valence-electron chi connectivity index (χ0n) is 12.6. The van der Waals surface area contributed by atoms with E-state index in [0.717, 1.165) is 26.1 Å². The number of rotatable bonds is 4. The van der Waals surface area contributed by atoms with Gasteiger partial charge in [-0.15, -0.1) is 0 Å². The van der Waals surface area contributed by atoms with Crippen molar-refractivity contribution in [3.63, 3.8) is 0 Å². The van der Waals surface area contributed by atoms with E-state index in [1.807, 2.05) is 6.92 Å². The third-order valence-electron chi connectivity index (χ3n) is 3.40. The highest BCUT2D eigenvalue weighted by Gasteiger charge is 2.18. The molecule has 116 valence electrons. The molecule has 1 unspecified atom stereocenters. The van der Waals surface area contributed by atoms with E-state index in [9.17, 15) is 4.79 Å². The summed E-state index contributed by atoms with van der Waals surface area (Å²) in [5, 5.41) is 2.87. The topological polar surface area (TPSA) is 76.8 Å². The van der Waals surface area contributed by atoms with Crippen LogP contribution in [0, 0.1) is 0 Å². The Hall–Kier alpha value is -1.79. The molecule has 1 fully saturated rings. The fourth-order valence-corrected chi connectivity index (χ4v) is 2.43. The number of nitrogen functional groups attached to an aromatic ring is 1. The Morgan fingerprint density at radius 1 is 1.57 bits per heavy atom. The number of benzene rings is 1. The zero-order valence-corrected chi connectivity index (χ0v) is 12.6. The highest BCUT2D eigenvalue weighted by molar-refractivity contribution is 5.94. The monoisotopic (exact) mass is 293 g/mol. The van der Waals surface area contributed by atoms with E-state index < -0.39 is 0 Å². The molecule has 1 saturated heterocycles. The first kappa shape index (κ1) is 15.6. The van der Waals surface area contributed by atoms with E-state index in [2.05, 4.69) is 10.2 Å². The molecule has 1 amide bonds. The normalized spacial score (nSPS) is 19.8. The number of hydrogen-bond donors (Lipinski definition) is 2. The number of hydrogen-bond acceptors (Lipinski definition) is 5. The maximum atomic E-state index is 12.2. The van der Waals surface area contributed by atoms with Crippen LogP contribution in [0.3, 0.4) is 0 Å². The summed E-state index contributed by atoms with van der Waals surface area (Å²) in [4.78, 5) is 14.3. The molecule has 1 aromatic rings. The Bertz CT molecular complexity index is 493. The van der Waals surface area contributed by atoms with Crippen LogP contribution in [0.25, 0.3) is 0 Å². The minimum Gasteiger partial charge on any atom is -0.494 e. The van der Waals surface area contributed by atoms with E-state index in [1.54, 1.807) is 25.3 Å². The van der Waals surface area contributed by atoms with Gasteiger partial charge < -0.3 is 20.5 Å². The van der Waals surface area contributed by atoms with Crippen molar-refractivity contribution in [2.24, 2.45) is 0 Å². The van der Waals surface area contributed by atoms with Crippen LogP contribution in [0.5, 0.6) is 5.75 Å². The van der Waals surface area contributed by atoms with Crippen LogP contribution in [0.4, 0.5) is 11.4 Å². The molecule has 6 heteroatoms. The van der Waals surface area contributed by atoms with Gasteiger partial charge in [0, 0.05) is 31.5 Å². The van der Waals surface area contributed by atoms with Gasteiger partial charge in [0.1, 0.15) is 5.75 Å². The Kier molecular flexibility index (Phi) is 5.41. The van der Waals surface area contributed by atoms with Crippen molar-refractivity contribution in [3.8, 4) is 5.75 Å². The average molecular weight is 293 g/mol.